The predicted octanol–water partition coefficient (Wildman–Crippen LogP) is 6.65. The summed E-state index contributed by atoms with van der Waals surface area (Å²) >= 11 is -2.02. The summed E-state index contributed by atoms with van der Waals surface area (Å²) in [5.74, 6) is 0. The molecule has 1 aliphatic carbocycles. The fraction of sp³-hybridized carbons (Fsp3) is 0.778. The van der Waals surface area contributed by atoms with Crippen molar-refractivity contribution in [3.05, 3.63) is 21.3 Å². The molecule has 0 atom stereocenters. The molecular weight excluding hydrogens is 335 g/mol. The van der Waals surface area contributed by atoms with Crippen LogP contribution in [0.2, 0.25) is 13.3 Å². The monoisotopic (exact) mass is 370 g/mol. The first kappa shape index (κ1) is 17.3. The molecule has 0 aromatic rings. The maximum absolute atomic E-state index is 2.55. The molecule has 0 saturated carbocycles. The SMILES string of the molecule is CCC[CH2][Sn]([CH2]CCC)([CH2]CCC)[C]1=CC=C(C)C1. The van der Waals surface area contributed by atoms with Crippen molar-refractivity contribution in [1.82, 2.24) is 0 Å². The molecular formula is C18H34Sn. The van der Waals surface area contributed by atoms with Crippen LogP contribution in [-0.2, 0) is 0 Å². The molecule has 0 fully saturated rings. The molecule has 0 nitrogen and oxygen atoms in total. The molecule has 19 heavy (non-hydrogen) atoms. The standard InChI is InChI=1S/C6H7.3C4H9.Sn/c1-6-4-2-3-5-6;3*1-3-4-2;/h2,4H,5H2,1H3;3*1,3-4H2,2H3;. The molecule has 0 radical (unpaired) electrons. The average molecular weight is 369 g/mol. The van der Waals surface area contributed by atoms with Crippen molar-refractivity contribution < 1.29 is 0 Å². The van der Waals surface area contributed by atoms with Crippen LogP contribution in [0.1, 0.15) is 72.6 Å². The van der Waals surface area contributed by atoms with Gasteiger partial charge in [-0.25, -0.2) is 0 Å². The van der Waals surface area contributed by atoms with Crippen LogP contribution in [0, 0.1) is 0 Å². The molecule has 0 N–H and O–H groups in total. The van der Waals surface area contributed by atoms with Crippen molar-refractivity contribution in [1.29, 1.82) is 0 Å². The van der Waals surface area contributed by atoms with E-state index in [-0.39, 0.29) is 0 Å². The number of allylic oxidation sites excluding steroid dienone is 4. The van der Waals surface area contributed by atoms with Gasteiger partial charge in [-0.3, -0.25) is 0 Å². The fourth-order valence-corrected chi connectivity index (χ4v) is 20.3. The molecule has 1 rings (SSSR count). The zero-order valence-electron chi connectivity index (χ0n) is 13.7. The first-order valence-corrected chi connectivity index (χ1v) is 16.0. The third-order valence-electron chi connectivity index (χ3n) is 4.75. The Kier molecular flexibility index (Phi) is 8.44. The van der Waals surface area contributed by atoms with Gasteiger partial charge < -0.3 is 0 Å². The van der Waals surface area contributed by atoms with Gasteiger partial charge in [-0.2, -0.15) is 0 Å². The number of hydrogen-bond acceptors (Lipinski definition) is 0. The third kappa shape index (κ3) is 5.28. The Hall–Kier alpha value is 0.279. The van der Waals surface area contributed by atoms with Gasteiger partial charge in [0.05, 0.1) is 0 Å². The Morgan fingerprint density at radius 1 is 0.842 bits per heavy atom. The summed E-state index contributed by atoms with van der Waals surface area (Å²) in [4.78, 5) is 0. The zero-order valence-corrected chi connectivity index (χ0v) is 16.6. The van der Waals surface area contributed by atoms with Crippen molar-refractivity contribution in [2.45, 2.75) is 86.0 Å². The minimum absolute atomic E-state index is 1.34. The molecule has 0 saturated heterocycles. The molecule has 0 aromatic heterocycles. The van der Waals surface area contributed by atoms with Gasteiger partial charge in [-0.1, -0.05) is 0 Å². The second kappa shape index (κ2) is 9.26. The second-order valence-corrected chi connectivity index (χ2v) is 19.9. The number of unbranched alkanes of at least 4 members (excludes halogenated alkanes) is 3. The van der Waals surface area contributed by atoms with E-state index in [1.807, 2.05) is 3.59 Å². The van der Waals surface area contributed by atoms with Crippen molar-refractivity contribution >= 4 is 18.4 Å². The molecule has 0 bridgehead atoms. The van der Waals surface area contributed by atoms with Gasteiger partial charge in [0.2, 0.25) is 0 Å². The van der Waals surface area contributed by atoms with Crippen LogP contribution >= 0.6 is 0 Å². The average Bonchev–Trinajstić information content (AvgIpc) is 2.85. The molecule has 1 heteroatoms. The molecule has 0 heterocycles. The van der Waals surface area contributed by atoms with E-state index in [2.05, 4.69) is 39.8 Å². The van der Waals surface area contributed by atoms with Crippen LogP contribution < -0.4 is 0 Å². The van der Waals surface area contributed by atoms with Crippen LogP contribution in [0.5, 0.6) is 0 Å². The van der Waals surface area contributed by atoms with Gasteiger partial charge in [-0.15, -0.1) is 0 Å². The van der Waals surface area contributed by atoms with Crippen LogP contribution in [0.25, 0.3) is 0 Å². The van der Waals surface area contributed by atoms with Gasteiger partial charge in [-0.05, 0) is 0 Å². The summed E-state index contributed by atoms with van der Waals surface area (Å²) in [6.07, 6.45) is 14.9. The molecule has 0 spiro atoms. The summed E-state index contributed by atoms with van der Waals surface area (Å²) in [5, 5.41) is 0. The Bertz CT molecular complexity index is 290. The Morgan fingerprint density at radius 2 is 1.32 bits per heavy atom. The van der Waals surface area contributed by atoms with E-state index in [1.54, 1.807) is 18.9 Å². The van der Waals surface area contributed by atoms with Gasteiger partial charge in [0.15, 0.2) is 0 Å². The first-order valence-electron chi connectivity index (χ1n) is 8.55. The summed E-state index contributed by atoms with van der Waals surface area (Å²) in [7, 11) is 0. The van der Waals surface area contributed by atoms with E-state index in [9.17, 15) is 0 Å². The third-order valence-corrected chi connectivity index (χ3v) is 20.8. The molecule has 0 aliphatic heterocycles. The van der Waals surface area contributed by atoms with Crippen LogP contribution in [0.4, 0.5) is 0 Å². The van der Waals surface area contributed by atoms with Gasteiger partial charge >= 0.3 is 126 Å². The minimum atomic E-state index is -2.02. The van der Waals surface area contributed by atoms with E-state index in [1.165, 1.54) is 44.9 Å². The van der Waals surface area contributed by atoms with E-state index >= 15 is 0 Å². The summed E-state index contributed by atoms with van der Waals surface area (Å²) in [6.45, 7) is 9.41. The van der Waals surface area contributed by atoms with Gasteiger partial charge in [0.1, 0.15) is 0 Å². The first-order chi connectivity index (χ1) is 9.18. The summed E-state index contributed by atoms with van der Waals surface area (Å²) < 4.78 is 6.83. The van der Waals surface area contributed by atoms with E-state index in [0.717, 1.165) is 0 Å². The molecule has 110 valence electrons. The summed E-state index contributed by atoms with van der Waals surface area (Å²) in [6, 6.07) is 0. The summed E-state index contributed by atoms with van der Waals surface area (Å²) in [5.41, 5.74) is 1.61. The quantitative estimate of drug-likeness (QED) is 0.378. The zero-order chi connectivity index (χ0) is 14.1. The molecule has 0 unspecified atom stereocenters. The molecule has 1 aliphatic rings. The normalized spacial score (nSPS) is 15.6. The second-order valence-electron chi connectivity index (χ2n) is 6.47. The Labute approximate surface area is 125 Å². The van der Waals surface area contributed by atoms with E-state index in [0.29, 0.717) is 0 Å². The van der Waals surface area contributed by atoms with Gasteiger partial charge in [0, 0.05) is 0 Å². The van der Waals surface area contributed by atoms with Gasteiger partial charge in [0.25, 0.3) is 0 Å². The van der Waals surface area contributed by atoms with Crippen molar-refractivity contribution in [3.8, 4) is 0 Å². The fourth-order valence-electron chi connectivity index (χ4n) is 3.43. The van der Waals surface area contributed by atoms with E-state index in [4.69, 9.17) is 0 Å². The molecule has 0 amide bonds. The Morgan fingerprint density at radius 3 is 1.63 bits per heavy atom. The number of rotatable bonds is 10. The van der Waals surface area contributed by atoms with Crippen LogP contribution in [0.15, 0.2) is 21.3 Å². The van der Waals surface area contributed by atoms with Crippen molar-refractivity contribution in [2.75, 3.05) is 0 Å². The topological polar surface area (TPSA) is 0 Å². The van der Waals surface area contributed by atoms with Crippen molar-refractivity contribution in [3.63, 3.8) is 0 Å². The van der Waals surface area contributed by atoms with Crippen LogP contribution in [-0.4, -0.2) is 18.4 Å². The van der Waals surface area contributed by atoms with Crippen molar-refractivity contribution in [2.24, 2.45) is 0 Å². The Balaban J connectivity index is 2.82. The van der Waals surface area contributed by atoms with Crippen LogP contribution in [0.3, 0.4) is 0 Å². The number of hydrogen-bond donors (Lipinski definition) is 0. The molecule has 0 aromatic carbocycles. The van der Waals surface area contributed by atoms with E-state index < -0.39 is 18.4 Å². The predicted molar refractivity (Wildman–Crippen MR) is 91.4 cm³/mol. The maximum atomic E-state index is 2.55.